The Morgan fingerprint density at radius 2 is 2.06 bits per heavy atom. The second-order valence-corrected chi connectivity index (χ2v) is 10.1. The molecule has 2 bridgehead atoms. The number of aromatic nitrogens is 2. The number of fused-ring (bicyclic) bond motifs is 3. The predicted molar refractivity (Wildman–Crippen MR) is 127 cm³/mol. The summed E-state index contributed by atoms with van der Waals surface area (Å²) >= 11 is 1.19. The smallest absolute Gasteiger partial charge is 0.321 e. The van der Waals surface area contributed by atoms with Crippen molar-refractivity contribution < 1.29 is 9.59 Å². The maximum Gasteiger partial charge on any atom is 0.321 e. The van der Waals surface area contributed by atoms with E-state index in [1.54, 1.807) is 16.7 Å². The Bertz CT molecular complexity index is 1050. The molecule has 32 heavy (non-hydrogen) atoms. The van der Waals surface area contributed by atoms with Gasteiger partial charge in [-0.3, -0.25) is 19.5 Å². The molecule has 4 unspecified atom stereocenters. The van der Waals surface area contributed by atoms with Crippen molar-refractivity contribution >= 4 is 34.6 Å². The fourth-order valence-electron chi connectivity index (χ4n) is 5.32. The number of carbonyl (C=O) groups excluding carboxylic acids is 2. The normalized spacial score (nSPS) is 22.8. The molecular weight excluding hydrogens is 424 g/mol. The van der Waals surface area contributed by atoms with Crippen LogP contribution < -0.4 is 16.2 Å². The first-order valence-electron chi connectivity index (χ1n) is 11.7. The fourth-order valence-corrected chi connectivity index (χ4v) is 6.15. The first-order chi connectivity index (χ1) is 15.5. The SMILES string of the molecule is CCCCn1c(SCC(=O)NC(=O)NC(C)C2CC3CCC2C3)nc2ccccc2c1=O. The van der Waals surface area contributed by atoms with Crippen LogP contribution >= 0.6 is 11.8 Å². The number of amides is 3. The van der Waals surface area contributed by atoms with Crippen LogP contribution in [0.25, 0.3) is 10.9 Å². The van der Waals surface area contributed by atoms with Gasteiger partial charge in [0.25, 0.3) is 5.56 Å². The van der Waals surface area contributed by atoms with Gasteiger partial charge in [0.15, 0.2) is 5.16 Å². The van der Waals surface area contributed by atoms with E-state index in [4.69, 9.17) is 0 Å². The molecule has 2 aromatic rings. The molecule has 2 aliphatic carbocycles. The Labute approximate surface area is 192 Å². The van der Waals surface area contributed by atoms with Crippen molar-refractivity contribution in [2.24, 2.45) is 17.8 Å². The minimum atomic E-state index is -0.444. The number of hydrogen-bond donors (Lipinski definition) is 2. The summed E-state index contributed by atoms with van der Waals surface area (Å²) in [5.41, 5.74) is 0.523. The number of urea groups is 1. The fraction of sp³-hybridized carbons (Fsp3) is 0.583. The maximum absolute atomic E-state index is 12.9. The molecule has 7 nitrogen and oxygen atoms in total. The number of benzene rings is 1. The second-order valence-electron chi connectivity index (χ2n) is 9.16. The lowest BCUT2D eigenvalue weighted by Crippen LogP contribution is -2.47. The molecule has 1 aromatic carbocycles. The van der Waals surface area contributed by atoms with Crippen LogP contribution in [-0.4, -0.2) is 33.3 Å². The Morgan fingerprint density at radius 3 is 2.78 bits per heavy atom. The van der Waals surface area contributed by atoms with E-state index in [0.717, 1.165) is 18.8 Å². The number of hydrogen-bond acceptors (Lipinski definition) is 5. The lowest BCUT2D eigenvalue weighted by molar-refractivity contribution is -0.117. The zero-order chi connectivity index (χ0) is 22.7. The van der Waals surface area contributed by atoms with Crippen molar-refractivity contribution in [2.45, 2.75) is 70.1 Å². The Kier molecular flexibility index (Phi) is 7.18. The van der Waals surface area contributed by atoms with Crippen LogP contribution in [0.5, 0.6) is 0 Å². The molecule has 2 aliphatic rings. The van der Waals surface area contributed by atoms with Crippen LogP contribution in [-0.2, 0) is 11.3 Å². The van der Waals surface area contributed by atoms with E-state index in [1.165, 1.54) is 37.4 Å². The predicted octanol–water partition coefficient (Wildman–Crippen LogP) is 3.94. The van der Waals surface area contributed by atoms with Crippen molar-refractivity contribution in [3.63, 3.8) is 0 Å². The number of thioether (sulfide) groups is 1. The third-order valence-corrected chi connectivity index (χ3v) is 7.92. The molecule has 4 atom stereocenters. The molecule has 2 N–H and O–H groups in total. The van der Waals surface area contributed by atoms with E-state index in [0.29, 0.717) is 34.4 Å². The summed E-state index contributed by atoms with van der Waals surface area (Å²) in [5, 5.41) is 6.48. The van der Waals surface area contributed by atoms with Crippen molar-refractivity contribution in [1.29, 1.82) is 0 Å². The summed E-state index contributed by atoms with van der Waals surface area (Å²) in [7, 11) is 0. The average molecular weight is 457 g/mol. The van der Waals surface area contributed by atoms with Crippen LogP contribution in [0.3, 0.4) is 0 Å². The van der Waals surface area contributed by atoms with Crippen molar-refractivity contribution in [3.8, 4) is 0 Å². The van der Waals surface area contributed by atoms with Crippen LogP contribution in [0.2, 0.25) is 0 Å². The lowest BCUT2D eigenvalue weighted by atomic mass is 9.84. The third kappa shape index (κ3) is 5.00. The van der Waals surface area contributed by atoms with Gasteiger partial charge in [0.1, 0.15) is 0 Å². The number of carbonyl (C=O) groups is 2. The van der Waals surface area contributed by atoms with Gasteiger partial charge in [-0.2, -0.15) is 0 Å². The van der Waals surface area contributed by atoms with E-state index >= 15 is 0 Å². The van der Waals surface area contributed by atoms with Gasteiger partial charge in [-0.1, -0.05) is 43.7 Å². The number of rotatable bonds is 8. The van der Waals surface area contributed by atoms with Crippen molar-refractivity contribution in [1.82, 2.24) is 20.2 Å². The molecule has 0 spiro atoms. The number of nitrogens with one attached hydrogen (secondary N) is 2. The minimum Gasteiger partial charge on any atom is -0.335 e. The maximum atomic E-state index is 12.9. The molecule has 4 rings (SSSR count). The first-order valence-corrected chi connectivity index (χ1v) is 12.7. The zero-order valence-electron chi connectivity index (χ0n) is 18.8. The van der Waals surface area contributed by atoms with E-state index in [9.17, 15) is 14.4 Å². The van der Waals surface area contributed by atoms with Crippen LogP contribution in [0.1, 0.15) is 52.4 Å². The third-order valence-electron chi connectivity index (χ3n) is 6.94. The lowest BCUT2D eigenvalue weighted by Gasteiger charge is -2.28. The topological polar surface area (TPSA) is 93.1 Å². The molecule has 0 saturated heterocycles. The molecule has 3 amide bonds. The molecule has 8 heteroatoms. The molecule has 0 radical (unpaired) electrons. The molecule has 2 fully saturated rings. The monoisotopic (exact) mass is 456 g/mol. The van der Waals surface area contributed by atoms with E-state index in [1.807, 2.05) is 19.1 Å². The summed E-state index contributed by atoms with van der Waals surface area (Å²) in [6.45, 7) is 4.66. The minimum absolute atomic E-state index is 0.0207. The molecule has 2 saturated carbocycles. The van der Waals surface area contributed by atoms with Gasteiger partial charge in [-0.05, 0) is 62.5 Å². The highest BCUT2D eigenvalue weighted by molar-refractivity contribution is 7.99. The van der Waals surface area contributed by atoms with Gasteiger partial charge in [-0.15, -0.1) is 0 Å². The summed E-state index contributed by atoms with van der Waals surface area (Å²) in [6, 6.07) is 6.86. The second kappa shape index (κ2) is 10.1. The quantitative estimate of drug-likeness (QED) is 0.464. The van der Waals surface area contributed by atoms with Gasteiger partial charge < -0.3 is 5.32 Å². The Balaban J connectivity index is 1.35. The summed E-state index contributed by atoms with van der Waals surface area (Å²) in [4.78, 5) is 42.3. The molecule has 172 valence electrons. The van der Waals surface area contributed by atoms with Crippen molar-refractivity contribution in [3.05, 3.63) is 34.6 Å². The molecular formula is C24H32N4O3S. The average Bonchev–Trinajstić information content (AvgIpc) is 3.41. The molecule has 1 heterocycles. The summed E-state index contributed by atoms with van der Waals surface area (Å²) < 4.78 is 1.64. The van der Waals surface area contributed by atoms with Crippen LogP contribution in [0.15, 0.2) is 34.2 Å². The van der Waals surface area contributed by atoms with Crippen LogP contribution in [0, 0.1) is 17.8 Å². The van der Waals surface area contributed by atoms with E-state index in [2.05, 4.69) is 22.5 Å². The van der Waals surface area contributed by atoms with Gasteiger partial charge in [0.05, 0.1) is 16.7 Å². The number of nitrogens with zero attached hydrogens (tertiary/aromatic N) is 2. The highest BCUT2D eigenvalue weighted by atomic mass is 32.2. The van der Waals surface area contributed by atoms with E-state index in [-0.39, 0.29) is 17.4 Å². The summed E-state index contributed by atoms with van der Waals surface area (Å²) in [5.74, 6) is 1.67. The number of unbranched alkanes of at least 4 members (excludes halogenated alkanes) is 1. The largest absolute Gasteiger partial charge is 0.335 e. The van der Waals surface area contributed by atoms with Gasteiger partial charge in [0.2, 0.25) is 5.91 Å². The van der Waals surface area contributed by atoms with Gasteiger partial charge >= 0.3 is 6.03 Å². The molecule has 0 aliphatic heterocycles. The van der Waals surface area contributed by atoms with Crippen LogP contribution in [0.4, 0.5) is 4.79 Å². The first kappa shape index (κ1) is 22.8. The van der Waals surface area contributed by atoms with Gasteiger partial charge in [-0.25, -0.2) is 9.78 Å². The van der Waals surface area contributed by atoms with Gasteiger partial charge in [0, 0.05) is 12.6 Å². The number of para-hydroxylation sites is 1. The van der Waals surface area contributed by atoms with Crippen molar-refractivity contribution in [2.75, 3.05) is 5.75 Å². The zero-order valence-corrected chi connectivity index (χ0v) is 19.6. The van der Waals surface area contributed by atoms with E-state index < -0.39 is 11.9 Å². The highest BCUT2D eigenvalue weighted by Gasteiger charge is 2.42. The highest BCUT2D eigenvalue weighted by Crippen LogP contribution is 2.49. The standard InChI is InChI=1S/C24H32N4O3S/c1-3-4-11-28-22(30)18-7-5-6-8-20(18)26-24(28)32-14-21(29)27-23(31)25-15(2)19-13-16-9-10-17(19)12-16/h5-8,15-17,19H,3-4,9-14H2,1-2H3,(H2,25,27,29,31). The Morgan fingerprint density at radius 1 is 1.25 bits per heavy atom. The number of imide groups is 1. The summed E-state index contributed by atoms with van der Waals surface area (Å²) in [6.07, 6.45) is 6.85. The Hall–Kier alpha value is -2.35. The molecule has 1 aromatic heterocycles.